The van der Waals surface area contributed by atoms with E-state index in [-0.39, 0.29) is 19.2 Å². The Hall–Kier alpha value is -1.85. The summed E-state index contributed by atoms with van der Waals surface area (Å²) >= 11 is 0. The Balaban J connectivity index is 2.17. The highest BCUT2D eigenvalue weighted by Crippen LogP contribution is 2.22. The molecule has 0 saturated carbocycles. The van der Waals surface area contributed by atoms with E-state index in [0.717, 1.165) is 77.0 Å². The molecule has 9 nitrogen and oxygen atoms in total. The van der Waals surface area contributed by atoms with Gasteiger partial charge in [-0.05, 0) is 51.4 Å². The van der Waals surface area contributed by atoms with Gasteiger partial charge in [0.2, 0.25) is 0 Å². The standard InChI is InChI=1S/C41H72O9/c1-3-5-7-9-10-11-12-13-14-15-16-17-18-19-20-21-22-23-24-25-27-29-31-47-33-35(49-37(43)30-28-26-8-6-4-2)34-48-41-40(46)39(45)38(44)36(32-42)50-41/h5,7,10-11,13-14,16-17,35-36,38-42,44-46H,3-4,6,8-9,12,15,18-34H2,1-2H3/b7-5-,11-10-,14-13-,17-16-. The van der Waals surface area contributed by atoms with E-state index in [1.54, 1.807) is 0 Å². The van der Waals surface area contributed by atoms with Crippen LogP contribution in [0.25, 0.3) is 0 Å². The molecule has 4 N–H and O–H groups in total. The third kappa shape index (κ3) is 24.4. The smallest absolute Gasteiger partial charge is 0.306 e. The summed E-state index contributed by atoms with van der Waals surface area (Å²) < 4.78 is 22.6. The first-order valence-electron chi connectivity index (χ1n) is 19.7. The van der Waals surface area contributed by atoms with Crippen LogP contribution in [0.4, 0.5) is 0 Å². The molecule has 1 rings (SSSR count). The molecule has 1 fully saturated rings. The molecule has 1 aliphatic rings. The number of carbonyl (C=O) groups is 1. The molecule has 9 heteroatoms. The van der Waals surface area contributed by atoms with Crippen LogP contribution >= 0.6 is 0 Å². The van der Waals surface area contributed by atoms with Crippen molar-refractivity contribution < 1.29 is 44.2 Å². The molecule has 6 unspecified atom stereocenters. The molecule has 0 spiro atoms. The van der Waals surface area contributed by atoms with E-state index in [9.17, 15) is 25.2 Å². The molecule has 1 saturated heterocycles. The Morgan fingerprint density at radius 2 is 1.22 bits per heavy atom. The van der Waals surface area contributed by atoms with Gasteiger partial charge in [0.1, 0.15) is 30.5 Å². The van der Waals surface area contributed by atoms with E-state index in [0.29, 0.717) is 13.0 Å². The fourth-order valence-corrected chi connectivity index (χ4v) is 5.66. The molecule has 0 amide bonds. The second kappa shape index (κ2) is 33.0. The first kappa shape index (κ1) is 46.2. The van der Waals surface area contributed by atoms with Crippen molar-refractivity contribution in [3.63, 3.8) is 0 Å². The van der Waals surface area contributed by atoms with Gasteiger partial charge in [-0.2, -0.15) is 0 Å². The summed E-state index contributed by atoms with van der Waals surface area (Å²) in [5, 5.41) is 39.8. The van der Waals surface area contributed by atoms with Crippen LogP contribution in [0.3, 0.4) is 0 Å². The average Bonchev–Trinajstić information content (AvgIpc) is 3.11. The molecule has 1 aliphatic heterocycles. The van der Waals surface area contributed by atoms with Gasteiger partial charge in [0.15, 0.2) is 6.29 Å². The molecular weight excluding hydrogens is 636 g/mol. The van der Waals surface area contributed by atoms with Crippen LogP contribution in [-0.4, -0.2) is 89.6 Å². The number of hydrogen-bond donors (Lipinski definition) is 4. The molecule has 50 heavy (non-hydrogen) atoms. The van der Waals surface area contributed by atoms with E-state index in [1.807, 2.05) is 0 Å². The summed E-state index contributed by atoms with van der Waals surface area (Å²) in [5.41, 5.74) is 0. The van der Waals surface area contributed by atoms with Gasteiger partial charge in [0.05, 0.1) is 19.8 Å². The van der Waals surface area contributed by atoms with Gasteiger partial charge < -0.3 is 39.4 Å². The molecule has 0 radical (unpaired) electrons. The summed E-state index contributed by atoms with van der Waals surface area (Å²) in [4.78, 5) is 12.5. The molecule has 0 bridgehead atoms. The Bertz CT molecular complexity index is 900. The third-order valence-corrected chi connectivity index (χ3v) is 8.76. The van der Waals surface area contributed by atoms with Gasteiger partial charge in [-0.15, -0.1) is 0 Å². The summed E-state index contributed by atoms with van der Waals surface area (Å²) in [6.45, 7) is 4.32. The zero-order chi connectivity index (χ0) is 36.5. The Morgan fingerprint density at radius 1 is 0.660 bits per heavy atom. The number of carbonyl (C=O) groups excluding carboxylic acids is 1. The maximum Gasteiger partial charge on any atom is 0.306 e. The molecule has 6 atom stereocenters. The van der Waals surface area contributed by atoms with Gasteiger partial charge in [0, 0.05) is 13.0 Å². The van der Waals surface area contributed by atoms with Gasteiger partial charge >= 0.3 is 5.97 Å². The number of aliphatic hydroxyl groups is 4. The van der Waals surface area contributed by atoms with Crippen LogP contribution in [0, 0.1) is 0 Å². The molecule has 0 aromatic carbocycles. The highest BCUT2D eigenvalue weighted by molar-refractivity contribution is 5.69. The van der Waals surface area contributed by atoms with Crippen LogP contribution in [-0.2, 0) is 23.7 Å². The van der Waals surface area contributed by atoms with Gasteiger partial charge in [-0.25, -0.2) is 0 Å². The molecule has 0 aliphatic carbocycles. The second-order valence-corrected chi connectivity index (χ2v) is 13.4. The maximum absolute atomic E-state index is 12.5. The number of unbranched alkanes of at least 4 members (excludes halogenated alkanes) is 13. The SMILES string of the molecule is CC/C=C\C/C=C\C/C=C\C/C=C\CCCCCCCCCCCOCC(COC1OC(CO)C(O)C(O)C1O)OC(=O)CCCCCCC. The van der Waals surface area contributed by atoms with Crippen molar-refractivity contribution >= 4 is 5.97 Å². The number of ether oxygens (including phenoxy) is 4. The first-order chi connectivity index (χ1) is 24.4. The lowest BCUT2D eigenvalue weighted by molar-refractivity contribution is -0.305. The van der Waals surface area contributed by atoms with Gasteiger partial charge in [-0.1, -0.05) is 133 Å². The highest BCUT2D eigenvalue weighted by Gasteiger charge is 2.44. The lowest BCUT2D eigenvalue weighted by Gasteiger charge is -2.39. The zero-order valence-corrected chi connectivity index (χ0v) is 31.4. The fourth-order valence-electron chi connectivity index (χ4n) is 5.66. The van der Waals surface area contributed by atoms with Crippen LogP contribution in [0.15, 0.2) is 48.6 Å². The highest BCUT2D eigenvalue weighted by atomic mass is 16.7. The minimum absolute atomic E-state index is 0.117. The van der Waals surface area contributed by atoms with Crippen molar-refractivity contribution in [1.82, 2.24) is 0 Å². The lowest BCUT2D eigenvalue weighted by atomic mass is 9.99. The number of rotatable bonds is 32. The average molecular weight is 709 g/mol. The van der Waals surface area contributed by atoms with E-state index in [4.69, 9.17) is 18.9 Å². The quantitative estimate of drug-likeness (QED) is 0.0314. The summed E-state index contributed by atoms with van der Waals surface area (Å²) in [5.74, 6) is -0.331. The van der Waals surface area contributed by atoms with Crippen LogP contribution < -0.4 is 0 Å². The van der Waals surface area contributed by atoms with Crippen molar-refractivity contribution in [2.45, 2.75) is 179 Å². The van der Waals surface area contributed by atoms with Crippen molar-refractivity contribution in [1.29, 1.82) is 0 Å². The number of allylic oxidation sites excluding steroid dienone is 8. The molecule has 0 aromatic heterocycles. The molecular formula is C41H72O9. The topological polar surface area (TPSA) is 135 Å². The van der Waals surface area contributed by atoms with Crippen LogP contribution in [0.2, 0.25) is 0 Å². The number of aliphatic hydroxyl groups excluding tert-OH is 4. The predicted molar refractivity (Wildman–Crippen MR) is 201 cm³/mol. The van der Waals surface area contributed by atoms with Crippen LogP contribution in [0.1, 0.15) is 142 Å². The zero-order valence-electron chi connectivity index (χ0n) is 31.4. The van der Waals surface area contributed by atoms with Crippen molar-refractivity contribution in [3.05, 3.63) is 48.6 Å². The predicted octanol–water partition coefficient (Wildman–Crippen LogP) is 7.80. The Kier molecular flexibility index (Phi) is 30.5. The van der Waals surface area contributed by atoms with Gasteiger partial charge in [0.25, 0.3) is 0 Å². The van der Waals surface area contributed by atoms with Crippen molar-refractivity contribution in [2.75, 3.05) is 26.4 Å². The summed E-state index contributed by atoms with van der Waals surface area (Å²) in [6.07, 6.45) is 31.8. The van der Waals surface area contributed by atoms with E-state index < -0.39 is 43.4 Å². The minimum atomic E-state index is -1.53. The third-order valence-electron chi connectivity index (χ3n) is 8.76. The van der Waals surface area contributed by atoms with Crippen molar-refractivity contribution in [3.8, 4) is 0 Å². The largest absolute Gasteiger partial charge is 0.457 e. The lowest BCUT2D eigenvalue weighted by Crippen LogP contribution is -2.59. The molecule has 0 aromatic rings. The molecule has 290 valence electrons. The Morgan fingerprint density at radius 3 is 1.84 bits per heavy atom. The van der Waals surface area contributed by atoms with Crippen molar-refractivity contribution in [2.24, 2.45) is 0 Å². The summed E-state index contributed by atoms with van der Waals surface area (Å²) in [6, 6.07) is 0. The van der Waals surface area contributed by atoms with E-state index in [1.165, 1.54) is 44.9 Å². The minimum Gasteiger partial charge on any atom is -0.457 e. The Labute approximate surface area is 303 Å². The maximum atomic E-state index is 12.5. The number of esters is 1. The van der Waals surface area contributed by atoms with E-state index >= 15 is 0 Å². The van der Waals surface area contributed by atoms with Gasteiger partial charge in [-0.3, -0.25) is 4.79 Å². The molecule has 1 heterocycles. The second-order valence-electron chi connectivity index (χ2n) is 13.4. The monoisotopic (exact) mass is 709 g/mol. The summed E-state index contributed by atoms with van der Waals surface area (Å²) in [7, 11) is 0. The normalized spacial score (nSPS) is 22.1. The number of hydrogen-bond acceptors (Lipinski definition) is 9. The fraction of sp³-hybridized carbons (Fsp3) is 0.780. The van der Waals surface area contributed by atoms with E-state index in [2.05, 4.69) is 62.5 Å². The first-order valence-corrected chi connectivity index (χ1v) is 19.7. The van der Waals surface area contributed by atoms with Crippen LogP contribution in [0.5, 0.6) is 0 Å².